The molecule has 0 saturated carbocycles. The second kappa shape index (κ2) is 3.18. The number of anilines is 1. The predicted octanol–water partition coefficient (Wildman–Crippen LogP) is 2.28. The first kappa shape index (κ1) is 8.81. The van der Waals surface area contributed by atoms with Crippen molar-refractivity contribution >= 4 is 5.69 Å². The Labute approximate surface area is 83.0 Å². The molecule has 0 atom stereocenters. The van der Waals surface area contributed by atoms with Gasteiger partial charge in [0.05, 0.1) is 5.69 Å². The highest BCUT2D eigenvalue weighted by Gasteiger charge is 2.06. The number of nitrogens with two attached hydrogens (primary N) is 1. The van der Waals surface area contributed by atoms with Gasteiger partial charge in [-0.3, -0.25) is 5.10 Å². The molecule has 0 unspecified atom stereocenters. The summed E-state index contributed by atoms with van der Waals surface area (Å²) in [5.41, 5.74) is 10.8. The van der Waals surface area contributed by atoms with E-state index in [1.54, 1.807) is 0 Å². The van der Waals surface area contributed by atoms with E-state index in [1.807, 2.05) is 31.2 Å². The lowest BCUT2D eigenvalue weighted by atomic mass is 10.1. The van der Waals surface area contributed by atoms with E-state index < -0.39 is 0 Å². The average molecular weight is 187 g/mol. The standard InChI is InChI=1S/C11H13N3/c1-7-8(2)13-14-11(7)9-3-5-10(12)6-4-9/h3-6H,12H2,1-2H3,(H,13,14). The van der Waals surface area contributed by atoms with E-state index in [-0.39, 0.29) is 0 Å². The SMILES string of the molecule is Cc1[nH]nc(-c2ccc(N)cc2)c1C. The van der Waals surface area contributed by atoms with Gasteiger partial charge < -0.3 is 5.73 Å². The summed E-state index contributed by atoms with van der Waals surface area (Å²) in [7, 11) is 0. The molecule has 0 radical (unpaired) electrons. The Kier molecular flexibility index (Phi) is 2.00. The second-order valence-corrected chi connectivity index (χ2v) is 3.44. The molecule has 0 fully saturated rings. The predicted molar refractivity (Wildman–Crippen MR) is 57.9 cm³/mol. The second-order valence-electron chi connectivity index (χ2n) is 3.44. The lowest BCUT2D eigenvalue weighted by Gasteiger charge is -1.99. The molecule has 2 aromatic rings. The van der Waals surface area contributed by atoms with Gasteiger partial charge in [-0.1, -0.05) is 12.1 Å². The van der Waals surface area contributed by atoms with Crippen LogP contribution < -0.4 is 5.73 Å². The van der Waals surface area contributed by atoms with Gasteiger partial charge in [0.25, 0.3) is 0 Å². The quantitative estimate of drug-likeness (QED) is 0.673. The smallest absolute Gasteiger partial charge is 0.0952 e. The van der Waals surface area contributed by atoms with Gasteiger partial charge in [0.1, 0.15) is 0 Å². The van der Waals surface area contributed by atoms with E-state index in [0.717, 1.165) is 22.6 Å². The van der Waals surface area contributed by atoms with Crippen LogP contribution in [0.2, 0.25) is 0 Å². The van der Waals surface area contributed by atoms with Gasteiger partial charge in [0.15, 0.2) is 0 Å². The molecule has 1 aromatic heterocycles. The minimum Gasteiger partial charge on any atom is -0.399 e. The number of rotatable bonds is 1. The Bertz CT molecular complexity index is 440. The van der Waals surface area contributed by atoms with Crippen molar-refractivity contribution in [2.75, 3.05) is 5.73 Å². The number of aryl methyl sites for hydroxylation is 1. The van der Waals surface area contributed by atoms with Crippen molar-refractivity contribution in [3.8, 4) is 11.3 Å². The zero-order chi connectivity index (χ0) is 10.1. The molecular formula is C11H13N3. The fourth-order valence-electron chi connectivity index (χ4n) is 1.41. The van der Waals surface area contributed by atoms with Crippen molar-refractivity contribution in [3.63, 3.8) is 0 Å². The van der Waals surface area contributed by atoms with Crippen LogP contribution in [-0.2, 0) is 0 Å². The van der Waals surface area contributed by atoms with Crippen LogP contribution >= 0.6 is 0 Å². The van der Waals surface area contributed by atoms with E-state index in [2.05, 4.69) is 17.1 Å². The first-order valence-corrected chi connectivity index (χ1v) is 4.56. The van der Waals surface area contributed by atoms with Crippen molar-refractivity contribution in [1.82, 2.24) is 10.2 Å². The Hall–Kier alpha value is -1.77. The summed E-state index contributed by atoms with van der Waals surface area (Å²) in [6, 6.07) is 7.74. The summed E-state index contributed by atoms with van der Waals surface area (Å²) < 4.78 is 0. The molecule has 1 heterocycles. The molecule has 0 spiro atoms. The minimum atomic E-state index is 0.777. The van der Waals surface area contributed by atoms with Crippen LogP contribution in [0.1, 0.15) is 11.3 Å². The number of H-pyrrole nitrogens is 1. The van der Waals surface area contributed by atoms with Gasteiger partial charge in [-0.2, -0.15) is 5.10 Å². The van der Waals surface area contributed by atoms with E-state index in [9.17, 15) is 0 Å². The Morgan fingerprint density at radius 1 is 1.14 bits per heavy atom. The number of hydrogen-bond acceptors (Lipinski definition) is 2. The van der Waals surface area contributed by atoms with Crippen molar-refractivity contribution in [1.29, 1.82) is 0 Å². The van der Waals surface area contributed by atoms with Crippen molar-refractivity contribution < 1.29 is 0 Å². The summed E-state index contributed by atoms with van der Waals surface area (Å²) in [6.07, 6.45) is 0. The van der Waals surface area contributed by atoms with Crippen LogP contribution in [0.25, 0.3) is 11.3 Å². The van der Waals surface area contributed by atoms with Crippen molar-refractivity contribution in [3.05, 3.63) is 35.5 Å². The van der Waals surface area contributed by atoms with Crippen LogP contribution in [0, 0.1) is 13.8 Å². The van der Waals surface area contributed by atoms with Gasteiger partial charge in [0, 0.05) is 16.9 Å². The van der Waals surface area contributed by atoms with Crippen molar-refractivity contribution in [2.24, 2.45) is 0 Å². The number of hydrogen-bond donors (Lipinski definition) is 2. The highest BCUT2D eigenvalue weighted by Crippen LogP contribution is 2.23. The third-order valence-corrected chi connectivity index (χ3v) is 2.44. The van der Waals surface area contributed by atoms with Crippen LogP contribution in [0.4, 0.5) is 5.69 Å². The molecule has 3 heteroatoms. The van der Waals surface area contributed by atoms with Crippen LogP contribution in [0.15, 0.2) is 24.3 Å². The maximum absolute atomic E-state index is 5.62. The van der Waals surface area contributed by atoms with Gasteiger partial charge in [0.2, 0.25) is 0 Å². The van der Waals surface area contributed by atoms with Crippen LogP contribution in [-0.4, -0.2) is 10.2 Å². The lowest BCUT2D eigenvalue weighted by Crippen LogP contribution is -1.85. The molecule has 0 aliphatic heterocycles. The Balaban J connectivity index is 2.49. The molecule has 1 aromatic carbocycles. The van der Waals surface area contributed by atoms with Gasteiger partial charge in [-0.15, -0.1) is 0 Å². The molecule has 14 heavy (non-hydrogen) atoms. The van der Waals surface area contributed by atoms with Crippen LogP contribution in [0.3, 0.4) is 0 Å². The first-order valence-electron chi connectivity index (χ1n) is 4.56. The Morgan fingerprint density at radius 3 is 2.29 bits per heavy atom. The van der Waals surface area contributed by atoms with E-state index in [4.69, 9.17) is 5.73 Å². The summed E-state index contributed by atoms with van der Waals surface area (Å²) in [5.74, 6) is 0. The maximum Gasteiger partial charge on any atom is 0.0952 e. The average Bonchev–Trinajstić information content (AvgIpc) is 2.50. The fraction of sp³-hybridized carbons (Fsp3) is 0.182. The maximum atomic E-state index is 5.62. The summed E-state index contributed by atoms with van der Waals surface area (Å²) in [6.45, 7) is 4.08. The fourth-order valence-corrected chi connectivity index (χ4v) is 1.41. The van der Waals surface area contributed by atoms with Crippen LogP contribution in [0.5, 0.6) is 0 Å². The highest BCUT2D eigenvalue weighted by atomic mass is 15.1. The number of nitrogen functional groups attached to an aromatic ring is 1. The summed E-state index contributed by atoms with van der Waals surface area (Å²) in [4.78, 5) is 0. The molecule has 0 aliphatic rings. The van der Waals surface area contributed by atoms with Gasteiger partial charge in [-0.05, 0) is 31.5 Å². The number of benzene rings is 1. The monoisotopic (exact) mass is 187 g/mol. The van der Waals surface area contributed by atoms with E-state index in [0.29, 0.717) is 0 Å². The number of aromatic amines is 1. The van der Waals surface area contributed by atoms with Gasteiger partial charge >= 0.3 is 0 Å². The van der Waals surface area contributed by atoms with E-state index in [1.165, 1.54) is 5.56 Å². The zero-order valence-electron chi connectivity index (χ0n) is 8.33. The molecule has 0 bridgehead atoms. The van der Waals surface area contributed by atoms with Crippen molar-refractivity contribution in [2.45, 2.75) is 13.8 Å². The zero-order valence-corrected chi connectivity index (χ0v) is 8.33. The molecule has 0 aliphatic carbocycles. The van der Waals surface area contributed by atoms with Gasteiger partial charge in [-0.25, -0.2) is 0 Å². The molecular weight excluding hydrogens is 174 g/mol. The first-order chi connectivity index (χ1) is 6.68. The molecule has 72 valence electrons. The number of nitrogens with zero attached hydrogens (tertiary/aromatic N) is 1. The third kappa shape index (κ3) is 1.37. The lowest BCUT2D eigenvalue weighted by molar-refractivity contribution is 1.05. The molecule has 2 rings (SSSR count). The minimum absolute atomic E-state index is 0.777. The molecule has 3 nitrogen and oxygen atoms in total. The highest BCUT2D eigenvalue weighted by molar-refractivity contribution is 5.65. The van der Waals surface area contributed by atoms with E-state index >= 15 is 0 Å². The number of nitrogens with one attached hydrogen (secondary N) is 1. The Morgan fingerprint density at radius 2 is 1.79 bits per heavy atom. The summed E-state index contributed by atoms with van der Waals surface area (Å²) >= 11 is 0. The largest absolute Gasteiger partial charge is 0.399 e. The summed E-state index contributed by atoms with van der Waals surface area (Å²) in [5, 5.41) is 7.22. The molecule has 3 N–H and O–H groups in total. The number of aromatic nitrogens is 2. The molecule has 0 amide bonds. The third-order valence-electron chi connectivity index (χ3n) is 2.44. The normalized spacial score (nSPS) is 10.4. The molecule has 0 saturated heterocycles. The topological polar surface area (TPSA) is 54.7 Å².